The number of ether oxygens (including phenoxy) is 2. The summed E-state index contributed by atoms with van der Waals surface area (Å²) in [6, 6.07) is 14.5. The zero-order valence-corrected chi connectivity index (χ0v) is 18.0. The average molecular weight is 430 g/mol. The number of anilines is 2. The third kappa shape index (κ3) is 5.60. The van der Waals surface area contributed by atoms with Crippen molar-refractivity contribution in [2.24, 2.45) is 0 Å². The van der Waals surface area contributed by atoms with Gasteiger partial charge in [0.15, 0.2) is 0 Å². The van der Waals surface area contributed by atoms with E-state index in [1.165, 1.54) is 0 Å². The van der Waals surface area contributed by atoms with E-state index in [0.29, 0.717) is 24.3 Å². The Morgan fingerprint density at radius 3 is 1.97 bits per heavy atom. The first-order valence-electron chi connectivity index (χ1n) is 9.77. The van der Waals surface area contributed by atoms with Crippen molar-refractivity contribution < 1.29 is 19.1 Å². The Labute approximate surface area is 180 Å². The Morgan fingerprint density at radius 2 is 1.43 bits per heavy atom. The lowest BCUT2D eigenvalue weighted by Gasteiger charge is -2.37. The lowest BCUT2D eigenvalue weighted by Crippen LogP contribution is -2.55. The van der Waals surface area contributed by atoms with Crippen molar-refractivity contribution in [1.29, 1.82) is 0 Å². The molecule has 0 aromatic heterocycles. The van der Waals surface area contributed by atoms with Crippen molar-refractivity contribution in [3.05, 3.63) is 48.5 Å². The SMILES string of the molecule is COc1ccc(NC(=O)CNC(=O)C2(Nc3ccc(OC)cc3)CCSCC2)cc1. The second kappa shape index (κ2) is 10.2. The first kappa shape index (κ1) is 21.8. The van der Waals surface area contributed by atoms with Gasteiger partial charge >= 0.3 is 0 Å². The molecule has 3 rings (SSSR count). The lowest BCUT2D eigenvalue weighted by molar-refractivity contribution is -0.127. The minimum atomic E-state index is -0.736. The number of methoxy groups -OCH3 is 2. The topological polar surface area (TPSA) is 88.7 Å². The van der Waals surface area contributed by atoms with E-state index < -0.39 is 5.54 Å². The molecule has 0 aliphatic carbocycles. The zero-order chi connectivity index (χ0) is 21.4. The molecule has 30 heavy (non-hydrogen) atoms. The van der Waals surface area contributed by atoms with E-state index in [0.717, 1.165) is 22.9 Å². The van der Waals surface area contributed by atoms with Gasteiger partial charge in [-0.1, -0.05) is 0 Å². The van der Waals surface area contributed by atoms with Crippen LogP contribution in [0.4, 0.5) is 11.4 Å². The van der Waals surface area contributed by atoms with Crippen LogP contribution in [0.25, 0.3) is 0 Å². The maximum atomic E-state index is 13.1. The van der Waals surface area contributed by atoms with Crippen LogP contribution in [0.2, 0.25) is 0 Å². The zero-order valence-electron chi connectivity index (χ0n) is 17.2. The lowest BCUT2D eigenvalue weighted by atomic mass is 9.90. The summed E-state index contributed by atoms with van der Waals surface area (Å²) < 4.78 is 10.3. The highest BCUT2D eigenvalue weighted by Gasteiger charge is 2.39. The van der Waals surface area contributed by atoms with Crippen molar-refractivity contribution >= 4 is 35.0 Å². The van der Waals surface area contributed by atoms with Crippen molar-refractivity contribution in [3.8, 4) is 11.5 Å². The Balaban J connectivity index is 1.60. The molecule has 3 N–H and O–H groups in total. The second-order valence-electron chi connectivity index (χ2n) is 7.01. The largest absolute Gasteiger partial charge is 0.497 e. The summed E-state index contributed by atoms with van der Waals surface area (Å²) in [7, 11) is 3.20. The molecule has 0 bridgehead atoms. The van der Waals surface area contributed by atoms with Gasteiger partial charge in [0.05, 0.1) is 20.8 Å². The summed E-state index contributed by atoms with van der Waals surface area (Å²) in [5, 5.41) is 8.99. The summed E-state index contributed by atoms with van der Waals surface area (Å²) in [5.74, 6) is 2.79. The number of benzene rings is 2. The van der Waals surface area contributed by atoms with E-state index in [-0.39, 0.29) is 18.4 Å². The molecule has 1 saturated heterocycles. The molecule has 1 aliphatic rings. The highest BCUT2D eigenvalue weighted by Crippen LogP contribution is 2.31. The van der Waals surface area contributed by atoms with Gasteiger partial charge < -0.3 is 25.4 Å². The minimum absolute atomic E-state index is 0.0932. The van der Waals surface area contributed by atoms with Crippen molar-refractivity contribution in [1.82, 2.24) is 5.32 Å². The fourth-order valence-electron chi connectivity index (χ4n) is 3.29. The van der Waals surface area contributed by atoms with Crippen LogP contribution >= 0.6 is 11.8 Å². The molecule has 0 unspecified atom stereocenters. The van der Waals surface area contributed by atoms with Gasteiger partial charge in [0.1, 0.15) is 17.0 Å². The van der Waals surface area contributed by atoms with Crippen LogP contribution in [0.15, 0.2) is 48.5 Å². The number of hydrogen-bond acceptors (Lipinski definition) is 6. The molecule has 1 fully saturated rings. The molecule has 0 radical (unpaired) electrons. The maximum Gasteiger partial charge on any atom is 0.246 e. The third-order valence-corrected chi connectivity index (χ3v) is 6.02. The predicted octanol–water partition coefficient (Wildman–Crippen LogP) is 3.14. The molecule has 0 spiro atoms. The Bertz CT molecular complexity index is 850. The van der Waals surface area contributed by atoms with E-state index in [4.69, 9.17) is 9.47 Å². The molecule has 160 valence electrons. The Morgan fingerprint density at radius 1 is 0.900 bits per heavy atom. The van der Waals surface area contributed by atoms with Gasteiger partial charge in [-0.15, -0.1) is 0 Å². The summed E-state index contributed by atoms with van der Waals surface area (Å²) in [5.41, 5.74) is 0.760. The summed E-state index contributed by atoms with van der Waals surface area (Å²) in [6.45, 7) is -0.0932. The van der Waals surface area contributed by atoms with Crippen LogP contribution in [0.1, 0.15) is 12.8 Å². The molecule has 0 atom stereocenters. The fraction of sp³-hybridized carbons (Fsp3) is 0.364. The number of hydrogen-bond donors (Lipinski definition) is 3. The molecular weight excluding hydrogens is 402 g/mol. The fourth-order valence-corrected chi connectivity index (χ4v) is 4.48. The quantitative estimate of drug-likeness (QED) is 0.598. The number of amides is 2. The molecule has 2 amide bonds. The molecule has 8 heteroatoms. The molecule has 2 aromatic rings. The first-order valence-corrected chi connectivity index (χ1v) is 10.9. The third-order valence-electron chi connectivity index (χ3n) is 5.04. The normalized spacial score (nSPS) is 15.0. The Kier molecular flexibility index (Phi) is 7.46. The van der Waals surface area contributed by atoms with Crippen LogP contribution in [-0.2, 0) is 9.59 Å². The average Bonchev–Trinajstić information content (AvgIpc) is 2.79. The van der Waals surface area contributed by atoms with Crippen LogP contribution in [0, 0.1) is 0 Å². The standard InChI is InChI=1S/C22H27N3O4S/c1-28-18-7-3-16(4-8-18)24-20(26)15-23-21(27)22(11-13-30-14-12-22)25-17-5-9-19(29-2)10-6-17/h3-10,25H,11-15H2,1-2H3,(H,23,27)(H,24,26). The van der Waals surface area contributed by atoms with Gasteiger partial charge in [0.25, 0.3) is 0 Å². The van der Waals surface area contributed by atoms with Gasteiger partial charge in [-0.25, -0.2) is 0 Å². The number of thioether (sulfide) groups is 1. The van der Waals surface area contributed by atoms with Crippen molar-refractivity contribution in [2.45, 2.75) is 18.4 Å². The monoisotopic (exact) mass is 429 g/mol. The molecule has 2 aromatic carbocycles. The van der Waals surface area contributed by atoms with E-state index in [1.54, 1.807) is 38.5 Å². The van der Waals surface area contributed by atoms with E-state index in [2.05, 4.69) is 16.0 Å². The highest BCUT2D eigenvalue weighted by atomic mass is 32.2. The maximum absolute atomic E-state index is 13.1. The van der Waals surface area contributed by atoms with Crippen molar-refractivity contribution in [3.63, 3.8) is 0 Å². The van der Waals surface area contributed by atoms with Gasteiger partial charge in [0, 0.05) is 11.4 Å². The second-order valence-corrected chi connectivity index (χ2v) is 8.23. The predicted molar refractivity (Wildman–Crippen MR) is 121 cm³/mol. The number of rotatable bonds is 8. The highest BCUT2D eigenvalue weighted by molar-refractivity contribution is 7.99. The van der Waals surface area contributed by atoms with E-state index in [9.17, 15) is 9.59 Å². The molecule has 1 aliphatic heterocycles. The van der Waals surface area contributed by atoms with Gasteiger partial charge in [-0.05, 0) is 72.9 Å². The summed E-state index contributed by atoms with van der Waals surface area (Å²) in [6.07, 6.45) is 1.38. The number of carbonyl (C=O) groups is 2. The Hall–Kier alpha value is -2.87. The van der Waals surface area contributed by atoms with E-state index >= 15 is 0 Å². The van der Waals surface area contributed by atoms with Crippen LogP contribution in [0.3, 0.4) is 0 Å². The molecule has 7 nitrogen and oxygen atoms in total. The number of nitrogens with one attached hydrogen (secondary N) is 3. The summed E-state index contributed by atoms with van der Waals surface area (Å²) in [4.78, 5) is 25.4. The molecular formula is C22H27N3O4S. The summed E-state index contributed by atoms with van der Waals surface area (Å²) >= 11 is 1.83. The van der Waals surface area contributed by atoms with Crippen LogP contribution in [-0.4, -0.2) is 49.6 Å². The van der Waals surface area contributed by atoms with Crippen LogP contribution in [0.5, 0.6) is 11.5 Å². The van der Waals surface area contributed by atoms with Crippen molar-refractivity contribution in [2.75, 3.05) is 42.9 Å². The van der Waals surface area contributed by atoms with Gasteiger partial charge in [0.2, 0.25) is 11.8 Å². The van der Waals surface area contributed by atoms with E-state index in [1.807, 2.05) is 36.0 Å². The van der Waals surface area contributed by atoms with Gasteiger partial charge in [-0.2, -0.15) is 11.8 Å². The minimum Gasteiger partial charge on any atom is -0.497 e. The van der Waals surface area contributed by atoms with Crippen LogP contribution < -0.4 is 25.4 Å². The molecule has 1 heterocycles. The first-order chi connectivity index (χ1) is 14.5. The smallest absolute Gasteiger partial charge is 0.246 e. The molecule has 0 saturated carbocycles. The number of carbonyl (C=O) groups excluding carboxylic acids is 2. The van der Waals surface area contributed by atoms with Gasteiger partial charge in [-0.3, -0.25) is 9.59 Å².